The molecule has 1 aliphatic rings. The Morgan fingerprint density at radius 1 is 1.33 bits per heavy atom. The molecule has 6 nitrogen and oxygen atoms in total. The molecule has 0 radical (unpaired) electrons. The minimum Gasteiger partial charge on any atom is -0.484 e. The number of hydrogen-bond acceptors (Lipinski definition) is 4. The minimum absolute atomic E-state index is 0.166. The SMILES string of the molecule is Cc1ccc(OCC(=O)NC2CCC(=O)NC2=O)cc1C. The van der Waals surface area contributed by atoms with Gasteiger partial charge in [-0.05, 0) is 43.5 Å². The van der Waals surface area contributed by atoms with E-state index < -0.39 is 11.9 Å². The van der Waals surface area contributed by atoms with E-state index in [1.807, 2.05) is 26.0 Å². The highest BCUT2D eigenvalue weighted by molar-refractivity contribution is 6.01. The second-order valence-corrected chi connectivity index (χ2v) is 5.11. The van der Waals surface area contributed by atoms with Crippen molar-refractivity contribution >= 4 is 17.7 Å². The van der Waals surface area contributed by atoms with Gasteiger partial charge >= 0.3 is 0 Å². The summed E-state index contributed by atoms with van der Waals surface area (Å²) in [7, 11) is 0. The molecule has 0 bridgehead atoms. The van der Waals surface area contributed by atoms with Crippen molar-refractivity contribution in [3.8, 4) is 5.75 Å². The number of carbonyl (C=O) groups is 3. The molecule has 1 aromatic rings. The number of amides is 3. The lowest BCUT2D eigenvalue weighted by Gasteiger charge is -2.21. The van der Waals surface area contributed by atoms with Crippen LogP contribution in [-0.4, -0.2) is 30.4 Å². The van der Waals surface area contributed by atoms with Crippen LogP contribution in [0.3, 0.4) is 0 Å². The summed E-state index contributed by atoms with van der Waals surface area (Å²) in [6.07, 6.45) is 0.550. The minimum atomic E-state index is -0.668. The van der Waals surface area contributed by atoms with Crippen LogP contribution in [0.5, 0.6) is 5.75 Å². The lowest BCUT2D eigenvalue weighted by atomic mass is 10.1. The second kappa shape index (κ2) is 6.39. The Morgan fingerprint density at radius 2 is 2.10 bits per heavy atom. The molecule has 0 aliphatic carbocycles. The third-order valence-electron chi connectivity index (χ3n) is 3.42. The van der Waals surface area contributed by atoms with E-state index in [-0.39, 0.29) is 24.8 Å². The average molecular weight is 290 g/mol. The number of carbonyl (C=O) groups excluding carboxylic acids is 3. The molecule has 2 N–H and O–H groups in total. The van der Waals surface area contributed by atoms with Crippen molar-refractivity contribution in [2.24, 2.45) is 0 Å². The van der Waals surface area contributed by atoms with E-state index in [1.165, 1.54) is 0 Å². The maximum absolute atomic E-state index is 11.8. The van der Waals surface area contributed by atoms with Gasteiger partial charge in [-0.15, -0.1) is 0 Å². The molecule has 1 saturated heterocycles. The second-order valence-electron chi connectivity index (χ2n) is 5.11. The maximum atomic E-state index is 11.8. The third-order valence-corrected chi connectivity index (χ3v) is 3.42. The Morgan fingerprint density at radius 3 is 2.76 bits per heavy atom. The van der Waals surface area contributed by atoms with Crippen LogP contribution in [0.15, 0.2) is 18.2 Å². The van der Waals surface area contributed by atoms with Crippen molar-refractivity contribution in [2.45, 2.75) is 32.7 Å². The quantitative estimate of drug-likeness (QED) is 0.795. The van der Waals surface area contributed by atoms with Gasteiger partial charge < -0.3 is 10.1 Å². The molecule has 0 aromatic heterocycles. The summed E-state index contributed by atoms with van der Waals surface area (Å²) in [5.74, 6) is -0.554. The fourth-order valence-corrected chi connectivity index (χ4v) is 2.02. The predicted molar refractivity (Wildman–Crippen MR) is 75.7 cm³/mol. The largest absolute Gasteiger partial charge is 0.484 e. The van der Waals surface area contributed by atoms with Gasteiger partial charge in [-0.2, -0.15) is 0 Å². The van der Waals surface area contributed by atoms with Crippen LogP contribution in [-0.2, 0) is 14.4 Å². The summed E-state index contributed by atoms with van der Waals surface area (Å²) in [6, 6.07) is 4.90. The monoisotopic (exact) mass is 290 g/mol. The zero-order valence-corrected chi connectivity index (χ0v) is 12.1. The Balaban J connectivity index is 1.83. The fraction of sp³-hybridized carbons (Fsp3) is 0.400. The summed E-state index contributed by atoms with van der Waals surface area (Å²) in [5, 5.41) is 4.75. The van der Waals surface area contributed by atoms with Crippen molar-refractivity contribution in [2.75, 3.05) is 6.61 Å². The standard InChI is InChI=1S/C15H18N2O4/c1-9-3-4-11(7-10(9)2)21-8-14(19)16-12-5-6-13(18)17-15(12)20/h3-4,7,12H,5-6,8H2,1-2H3,(H,16,19)(H,17,18,20). The smallest absolute Gasteiger partial charge is 0.258 e. The van der Waals surface area contributed by atoms with Crippen molar-refractivity contribution in [3.05, 3.63) is 29.3 Å². The zero-order chi connectivity index (χ0) is 15.4. The van der Waals surface area contributed by atoms with Crippen LogP contribution in [0, 0.1) is 13.8 Å². The van der Waals surface area contributed by atoms with Crippen molar-refractivity contribution < 1.29 is 19.1 Å². The highest BCUT2D eigenvalue weighted by atomic mass is 16.5. The van der Waals surface area contributed by atoms with Gasteiger partial charge in [0.2, 0.25) is 11.8 Å². The van der Waals surface area contributed by atoms with E-state index in [0.717, 1.165) is 11.1 Å². The average Bonchev–Trinajstić information content (AvgIpc) is 2.43. The van der Waals surface area contributed by atoms with Crippen molar-refractivity contribution in [3.63, 3.8) is 0 Å². The Hall–Kier alpha value is -2.37. The molecule has 0 saturated carbocycles. The molecular formula is C15H18N2O4. The Kier molecular flexibility index (Phi) is 4.57. The predicted octanol–water partition coefficient (Wildman–Crippen LogP) is 0.604. The summed E-state index contributed by atoms with van der Waals surface area (Å²) >= 11 is 0. The van der Waals surface area contributed by atoms with Crippen LogP contribution < -0.4 is 15.4 Å². The molecular weight excluding hydrogens is 272 g/mol. The van der Waals surface area contributed by atoms with E-state index in [2.05, 4.69) is 10.6 Å². The summed E-state index contributed by atoms with van der Waals surface area (Å²) < 4.78 is 5.39. The van der Waals surface area contributed by atoms with Crippen LogP contribution >= 0.6 is 0 Å². The number of nitrogens with one attached hydrogen (secondary N) is 2. The molecule has 1 aromatic carbocycles. The molecule has 3 amide bonds. The molecule has 1 fully saturated rings. The number of rotatable bonds is 4. The maximum Gasteiger partial charge on any atom is 0.258 e. The van der Waals surface area contributed by atoms with Gasteiger partial charge in [-0.1, -0.05) is 6.07 Å². The highest BCUT2D eigenvalue weighted by Crippen LogP contribution is 2.16. The van der Waals surface area contributed by atoms with Gasteiger partial charge in [-0.3, -0.25) is 19.7 Å². The third kappa shape index (κ3) is 4.05. The summed E-state index contributed by atoms with van der Waals surface area (Å²) in [5.41, 5.74) is 2.23. The van der Waals surface area contributed by atoms with Gasteiger partial charge in [-0.25, -0.2) is 0 Å². The zero-order valence-electron chi connectivity index (χ0n) is 12.1. The molecule has 1 aliphatic heterocycles. The molecule has 112 valence electrons. The van der Waals surface area contributed by atoms with Gasteiger partial charge in [0.05, 0.1) is 0 Å². The molecule has 1 heterocycles. The molecule has 1 atom stereocenters. The Bertz CT molecular complexity index is 583. The lowest BCUT2D eigenvalue weighted by molar-refractivity contribution is -0.137. The first-order valence-electron chi connectivity index (χ1n) is 6.79. The van der Waals surface area contributed by atoms with E-state index in [9.17, 15) is 14.4 Å². The van der Waals surface area contributed by atoms with Crippen LogP contribution in [0.2, 0.25) is 0 Å². The first-order chi connectivity index (χ1) is 9.95. The van der Waals surface area contributed by atoms with Gasteiger partial charge in [0.15, 0.2) is 6.61 Å². The van der Waals surface area contributed by atoms with Crippen molar-refractivity contribution in [1.29, 1.82) is 0 Å². The van der Waals surface area contributed by atoms with Crippen LogP contribution in [0.4, 0.5) is 0 Å². The van der Waals surface area contributed by atoms with Crippen LogP contribution in [0.25, 0.3) is 0 Å². The fourth-order valence-electron chi connectivity index (χ4n) is 2.02. The molecule has 6 heteroatoms. The highest BCUT2D eigenvalue weighted by Gasteiger charge is 2.27. The molecule has 2 rings (SSSR count). The molecule has 21 heavy (non-hydrogen) atoms. The lowest BCUT2D eigenvalue weighted by Crippen LogP contribution is -2.53. The first-order valence-corrected chi connectivity index (χ1v) is 6.79. The normalized spacial score (nSPS) is 18.1. The number of aryl methyl sites for hydroxylation is 2. The number of hydrogen-bond donors (Lipinski definition) is 2. The summed E-state index contributed by atoms with van der Waals surface area (Å²) in [4.78, 5) is 34.3. The van der Waals surface area contributed by atoms with Crippen LogP contribution in [0.1, 0.15) is 24.0 Å². The number of piperidine rings is 1. The van der Waals surface area contributed by atoms with E-state index in [0.29, 0.717) is 12.2 Å². The first kappa shape index (κ1) is 15.0. The topological polar surface area (TPSA) is 84.5 Å². The Labute approximate surface area is 122 Å². The summed E-state index contributed by atoms with van der Waals surface area (Å²) in [6.45, 7) is 3.79. The number of imide groups is 1. The van der Waals surface area contributed by atoms with Gasteiger partial charge in [0, 0.05) is 6.42 Å². The molecule has 1 unspecified atom stereocenters. The van der Waals surface area contributed by atoms with Crippen molar-refractivity contribution in [1.82, 2.24) is 10.6 Å². The molecule has 0 spiro atoms. The number of benzene rings is 1. The van der Waals surface area contributed by atoms with Gasteiger partial charge in [0.1, 0.15) is 11.8 Å². The van der Waals surface area contributed by atoms with Gasteiger partial charge in [0.25, 0.3) is 5.91 Å². The van der Waals surface area contributed by atoms with E-state index in [1.54, 1.807) is 6.07 Å². The number of ether oxygens (including phenoxy) is 1. The van der Waals surface area contributed by atoms with E-state index in [4.69, 9.17) is 4.74 Å². The van der Waals surface area contributed by atoms with E-state index >= 15 is 0 Å².